The van der Waals surface area contributed by atoms with Crippen molar-refractivity contribution >= 4 is 40.8 Å². The van der Waals surface area contributed by atoms with Gasteiger partial charge in [-0.3, -0.25) is 9.59 Å². The Bertz CT molecular complexity index is 1030. The molecular weight excluding hydrogens is 531 g/mol. The van der Waals surface area contributed by atoms with Crippen LogP contribution in [0, 0.1) is 40.4 Å². The molecular formula is C32H46Cl2N2O3. The third kappa shape index (κ3) is 5.56. The number of benzene rings is 1. The highest BCUT2D eigenvalue weighted by Crippen LogP contribution is 2.66. The molecule has 4 aliphatic rings. The maximum absolute atomic E-state index is 13.3. The maximum atomic E-state index is 13.3. The third-order valence-corrected chi connectivity index (χ3v) is 11.8. The summed E-state index contributed by atoms with van der Waals surface area (Å²) in [6, 6.07) is 8.06. The van der Waals surface area contributed by atoms with Gasteiger partial charge in [0.05, 0.1) is 5.92 Å². The fourth-order valence-corrected chi connectivity index (χ4v) is 9.86. The average Bonchev–Trinajstić information content (AvgIpc) is 3.24. The Morgan fingerprint density at radius 2 is 1.59 bits per heavy atom. The molecule has 4 aliphatic carbocycles. The Labute approximate surface area is 244 Å². The second-order valence-electron chi connectivity index (χ2n) is 13.3. The molecule has 5 nitrogen and oxygen atoms in total. The van der Waals surface area contributed by atoms with Gasteiger partial charge in [0.1, 0.15) is 5.75 Å². The van der Waals surface area contributed by atoms with E-state index in [0.29, 0.717) is 40.8 Å². The quantitative estimate of drug-likeness (QED) is 0.205. The lowest BCUT2D eigenvalue weighted by atomic mass is 9.44. The largest absolute Gasteiger partial charge is 0.426 e. The molecule has 1 aromatic carbocycles. The SMILES string of the molecule is CC(=O)N[C@H]1CCC2C3CC[C@H]4CC(C(=O)Oc5ccc(N(CCCl)CCCl)cc5)CC[C@]4(C)C3CC[C@@]21C. The first-order valence-electron chi connectivity index (χ1n) is 15.2. The van der Waals surface area contributed by atoms with Gasteiger partial charge in [0, 0.05) is 43.5 Å². The molecule has 0 aliphatic heterocycles. The molecule has 0 radical (unpaired) electrons. The van der Waals surface area contributed by atoms with E-state index in [1.165, 1.54) is 32.1 Å². The van der Waals surface area contributed by atoms with Crippen LogP contribution < -0.4 is 15.0 Å². The molecule has 0 aromatic heterocycles. The topological polar surface area (TPSA) is 58.6 Å². The van der Waals surface area contributed by atoms with Gasteiger partial charge in [-0.2, -0.15) is 0 Å². The summed E-state index contributed by atoms with van der Waals surface area (Å²) in [6.45, 7) is 8.10. The van der Waals surface area contributed by atoms with Gasteiger partial charge in [-0.1, -0.05) is 13.8 Å². The summed E-state index contributed by atoms with van der Waals surface area (Å²) in [6.07, 6.45) is 10.3. The Morgan fingerprint density at radius 1 is 0.923 bits per heavy atom. The molecule has 4 unspecified atom stereocenters. The van der Waals surface area contributed by atoms with Gasteiger partial charge < -0.3 is 15.0 Å². The molecule has 1 N–H and O–H groups in total. The molecule has 1 amide bonds. The van der Waals surface area contributed by atoms with Gasteiger partial charge in [-0.15, -0.1) is 23.2 Å². The Morgan fingerprint density at radius 3 is 2.26 bits per heavy atom. The normalized spacial score (nSPS) is 37.3. The van der Waals surface area contributed by atoms with Crippen molar-refractivity contribution < 1.29 is 14.3 Å². The van der Waals surface area contributed by atoms with Gasteiger partial charge in [0.15, 0.2) is 0 Å². The van der Waals surface area contributed by atoms with Crippen LogP contribution in [0.1, 0.15) is 78.6 Å². The second kappa shape index (κ2) is 11.8. The minimum absolute atomic E-state index is 0.0206. The third-order valence-electron chi connectivity index (χ3n) is 11.5. The molecule has 7 heteroatoms. The molecule has 0 spiro atoms. The summed E-state index contributed by atoms with van der Waals surface area (Å²) in [5.74, 6) is 4.48. The standard InChI is InChI=1S/C32H46Cl2N2O3/c1-21(37)35-29-11-10-27-26-9-4-23-20-22(12-14-31(23,2)28(26)13-15-32(27,29)3)30(38)39-25-7-5-24(6-8-25)36(18-16-33)19-17-34/h5-8,22-23,26-29H,4,9-20H2,1-3H3,(H,35,37)/t22?,23-,26?,27?,28?,29-,31-,32-/m0/s1. The lowest BCUT2D eigenvalue weighted by Crippen LogP contribution is -2.56. The lowest BCUT2D eigenvalue weighted by molar-refractivity contribution is -0.149. The first-order valence-corrected chi connectivity index (χ1v) is 16.2. The van der Waals surface area contributed by atoms with Crippen LogP contribution in [-0.4, -0.2) is 42.8 Å². The van der Waals surface area contributed by atoms with Crippen molar-refractivity contribution in [3.63, 3.8) is 0 Å². The highest BCUT2D eigenvalue weighted by atomic mass is 35.5. The molecule has 8 atom stereocenters. The Hall–Kier alpha value is -1.46. The van der Waals surface area contributed by atoms with Crippen molar-refractivity contribution in [3.05, 3.63) is 24.3 Å². The summed E-state index contributed by atoms with van der Waals surface area (Å²) >= 11 is 11.9. The number of rotatable bonds is 8. The number of alkyl halides is 2. The van der Waals surface area contributed by atoms with Gasteiger partial charge in [0.25, 0.3) is 0 Å². The monoisotopic (exact) mass is 576 g/mol. The van der Waals surface area contributed by atoms with Crippen LogP contribution in [0.25, 0.3) is 0 Å². The van der Waals surface area contributed by atoms with Crippen LogP contribution in [0.2, 0.25) is 0 Å². The number of ether oxygens (including phenoxy) is 1. The first-order chi connectivity index (χ1) is 18.7. The minimum atomic E-state index is -0.0737. The molecule has 0 heterocycles. The number of nitrogens with zero attached hydrogens (tertiary/aromatic N) is 1. The molecule has 1 aromatic rings. The van der Waals surface area contributed by atoms with Crippen molar-refractivity contribution in [2.24, 2.45) is 40.4 Å². The van der Waals surface area contributed by atoms with E-state index in [1.54, 1.807) is 6.92 Å². The van der Waals surface area contributed by atoms with E-state index in [2.05, 4.69) is 24.1 Å². The Kier molecular flexibility index (Phi) is 8.79. The second-order valence-corrected chi connectivity index (χ2v) is 14.0. The average molecular weight is 578 g/mol. The Balaban J connectivity index is 1.20. The van der Waals surface area contributed by atoms with E-state index in [9.17, 15) is 9.59 Å². The maximum Gasteiger partial charge on any atom is 0.314 e. The number of esters is 1. The number of fused-ring (bicyclic) bond motifs is 5. The summed E-state index contributed by atoms with van der Waals surface area (Å²) in [5.41, 5.74) is 1.58. The molecule has 216 valence electrons. The van der Waals surface area contributed by atoms with E-state index < -0.39 is 0 Å². The smallest absolute Gasteiger partial charge is 0.314 e. The zero-order chi connectivity index (χ0) is 27.8. The summed E-state index contributed by atoms with van der Waals surface area (Å²) in [4.78, 5) is 27.3. The summed E-state index contributed by atoms with van der Waals surface area (Å²) < 4.78 is 5.90. The van der Waals surface area contributed by atoms with E-state index in [4.69, 9.17) is 27.9 Å². The van der Waals surface area contributed by atoms with Crippen LogP contribution in [0.3, 0.4) is 0 Å². The number of anilines is 1. The first kappa shape index (κ1) is 29.0. The van der Waals surface area contributed by atoms with Gasteiger partial charge >= 0.3 is 5.97 Å². The van der Waals surface area contributed by atoms with Crippen LogP contribution >= 0.6 is 23.2 Å². The molecule has 4 fully saturated rings. The molecule has 4 saturated carbocycles. The fraction of sp³-hybridized carbons (Fsp3) is 0.750. The molecule has 0 saturated heterocycles. The number of carbonyl (C=O) groups excluding carboxylic acids is 2. The van der Waals surface area contributed by atoms with Crippen LogP contribution in [0.15, 0.2) is 24.3 Å². The lowest BCUT2D eigenvalue weighted by Gasteiger charge is -2.61. The van der Waals surface area contributed by atoms with Crippen molar-refractivity contribution in [1.29, 1.82) is 0 Å². The van der Waals surface area contributed by atoms with Crippen LogP contribution in [0.4, 0.5) is 5.69 Å². The zero-order valence-corrected chi connectivity index (χ0v) is 25.4. The number of amides is 1. The van der Waals surface area contributed by atoms with Crippen molar-refractivity contribution in [2.45, 2.75) is 84.6 Å². The van der Waals surface area contributed by atoms with Crippen LogP contribution in [-0.2, 0) is 9.59 Å². The van der Waals surface area contributed by atoms with E-state index in [1.807, 2.05) is 24.3 Å². The van der Waals surface area contributed by atoms with Gasteiger partial charge in [-0.05, 0) is 117 Å². The molecule has 0 bridgehead atoms. The number of hydrogen-bond acceptors (Lipinski definition) is 4. The van der Waals surface area contributed by atoms with Gasteiger partial charge in [0.2, 0.25) is 5.91 Å². The minimum Gasteiger partial charge on any atom is -0.426 e. The van der Waals surface area contributed by atoms with Crippen molar-refractivity contribution in [2.75, 3.05) is 29.7 Å². The van der Waals surface area contributed by atoms with Crippen LogP contribution in [0.5, 0.6) is 5.75 Å². The van der Waals surface area contributed by atoms with E-state index in [0.717, 1.165) is 56.3 Å². The predicted molar refractivity (Wildman–Crippen MR) is 159 cm³/mol. The van der Waals surface area contributed by atoms with E-state index in [-0.39, 0.29) is 23.2 Å². The summed E-state index contributed by atoms with van der Waals surface area (Å²) in [5, 5.41) is 3.30. The summed E-state index contributed by atoms with van der Waals surface area (Å²) in [7, 11) is 0. The van der Waals surface area contributed by atoms with E-state index >= 15 is 0 Å². The van der Waals surface area contributed by atoms with Crippen molar-refractivity contribution in [1.82, 2.24) is 5.32 Å². The van der Waals surface area contributed by atoms with Crippen molar-refractivity contribution in [3.8, 4) is 5.75 Å². The molecule has 39 heavy (non-hydrogen) atoms. The highest BCUT2D eigenvalue weighted by molar-refractivity contribution is 6.18. The molecule has 5 rings (SSSR count). The number of halogens is 2. The predicted octanol–water partition coefficient (Wildman–Crippen LogP) is 7.04. The van der Waals surface area contributed by atoms with Gasteiger partial charge in [-0.25, -0.2) is 0 Å². The number of hydrogen-bond donors (Lipinski definition) is 1. The highest BCUT2D eigenvalue weighted by Gasteiger charge is 2.60. The zero-order valence-electron chi connectivity index (χ0n) is 23.9. The fourth-order valence-electron chi connectivity index (χ4n) is 9.45. The number of nitrogens with one attached hydrogen (secondary N) is 1. The number of carbonyl (C=O) groups is 2.